The molecule has 1 amide bonds. The van der Waals surface area contributed by atoms with Gasteiger partial charge in [-0.1, -0.05) is 24.3 Å². The Morgan fingerprint density at radius 1 is 1.40 bits per heavy atom. The maximum absolute atomic E-state index is 12.7. The van der Waals surface area contributed by atoms with Crippen LogP contribution in [0.25, 0.3) is 6.08 Å². The predicted molar refractivity (Wildman–Crippen MR) is 77.6 cm³/mol. The van der Waals surface area contributed by atoms with E-state index in [0.717, 1.165) is 5.56 Å². The minimum atomic E-state index is -0.530. The number of amides is 1. The number of hydrogen-bond acceptors (Lipinski definition) is 3. The van der Waals surface area contributed by atoms with Gasteiger partial charge in [-0.25, -0.2) is 9.18 Å². The van der Waals surface area contributed by atoms with Crippen molar-refractivity contribution in [2.75, 3.05) is 6.54 Å². The van der Waals surface area contributed by atoms with Crippen molar-refractivity contribution in [3.05, 3.63) is 41.7 Å². The van der Waals surface area contributed by atoms with E-state index in [0.29, 0.717) is 0 Å². The Kier molecular flexibility index (Phi) is 5.70. The summed E-state index contributed by atoms with van der Waals surface area (Å²) in [7, 11) is 0. The SMILES string of the molecule is CC(C)(C)OC(=O)NCC(N)/C=C/c1ccc(F)cc1. The molecule has 110 valence electrons. The quantitative estimate of drug-likeness (QED) is 0.891. The topological polar surface area (TPSA) is 64.3 Å². The van der Waals surface area contributed by atoms with Crippen LogP contribution >= 0.6 is 0 Å². The zero-order valence-electron chi connectivity index (χ0n) is 12.0. The Morgan fingerprint density at radius 2 is 2.00 bits per heavy atom. The summed E-state index contributed by atoms with van der Waals surface area (Å²) in [6.07, 6.45) is 3.02. The number of hydrogen-bond donors (Lipinski definition) is 2. The van der Waals surface area contributed by atoms with Crippen molar-refractivity contribution in [3.63, 3.8) is 0 Å². The van der Waals surface area contributed by atoms with E-state index >= 15 is 0 Å². The van der Waals surface area contributed by atoms with Gasteiger partial charge >= 0.3 is 6.09 Å². The van der Waals surface area contributed by atoms with Gasteiger partial charge in [0.05, 0.1) is 0 Å². The van der Waals surface area contributed by atoms with E-state index in [1.807, 2.05) is 0 Å². The number of ether oxygens (including phenoxy) is 1. The van der Waals surface area contributed by atoms with Crippen LogP contribution in [-0.2, 0) is 4.74 Å². The van der Waals surface area contributed by atoms with Gasteiger partial charge in [-0.05, 0) is 38.5 Å². The van der Waals surface area contributed by atoms with E-state index < -0.39 is 11.7 Å². The second-order valence-electron chi connectivity index (χ2n) is 5.46. The number of alkyl carbamates (subject to hydrolysis) is 1. The van der Waals surface area contributed by atoms with Crippen molar-refractivity contribution in [2.24, 2.45) is 5.73 Å². The molecule has 1 aromatic rings. The fourth-order valence-corrected chi connectivity index (χ4v) is 1.39. The maximum Gasteiger partial charge on any atom is 0.407 e. The molecule has 0 fully saturated rings. The van der Waals surface area contributed by atoms with E-state index in [1.165, 1.54) is 12.1 Å². The number of rotatable bonds is 4. The Bertz CT molecular complexity index is 464. The van der Waals surface area contributed by atoms with Crippen LogP contribution in [0.15, 0.2) is 30.3 Å². The maximum atomic E-state index is 12.7. The summed E-state index contributed by atoms with van der Waals surface area (Å²) >= 11 is 0. The van der Waals surface area contributed by atoms with Crippen molar-refractivity contribution >= 4 is 12.2 Å². The Balaban J connectivity index is 2.38. The molecule has 0 aliphatic carbocycles. The molecule has 1 aromatic carbocycles. The first-order valence-electron chi connectivity index (χ1n) is 6.42. The second kappa shape index (κ2) is 7.05. The molecular weight excluding hydrogens is 259 g/mol. The fraction of sp³-hybridized carbons (Fsp3) is 0.400. The minimum Gasteiger partial charge on any atom is -0.444 e. The van der Waals surface area contributed by atoms with Crippen LogP contribution in [0, 0.1) is 5.82 Å². The molecule has 0 aliphatic heterocycles. The highest BCUT2D eigenvalue weighted by atomic mass is 19.1. The smallest absolute Gasteiger partial charge is 0.407 e. The minimum absolute atomic E-state index is 0.270. The Morgan fingerprint density at radius 3 is 2.55 bits per heavy atom. The predicted octanol–water partition coefficient (Wildman–Crippen LogP) is 2.69. The van der Waals surface area contributed by atoms with Crippen molar-refractivity contribution in [2.45, 2.75) is 32.4 Å². The molecule has 4 nitrogen and oxygen atoms in total. The molecule has 1 unspecified atom stereocenters. The monoisotopic (exact) mass is 280 g/mol. The molecule has 3 N–H and O–H groups in total. The van der Waals surface area contributed by atoms with Gasteiger partial charge in [0.1, 0.15) is 11.4 Å². The van der Waals surface area contributed by atoms with Crippen molar-refractivity contribution in [3.8, 4) is 0 Å². The van der Waals surface area contributed by atoms with Gasteiger partial charge in [0.15, 0.2) is 0 Å². The Labute approximate surface area is 118 Å². The molecule has 0 spiro atoms. The third kappa shape index (κ3) is 6.89. The summed E-state index contributed by atoms with van der Waals surface area (Å²) in [5, 5.41) is 2.59. The average Bonchev–Trinajstić information content (AvgIpc) is 2.33. The van der Waals surface area contributed by atoms with Gasteiger partial charge in [0.2, 0.25) is 0 Å². The van der Waals surface area contributed by atoms with Gasteiger partial charge < -0.3 is 15.8 Å². The highest BCUT2D eigenvalue weighted by Crippen LogP contribution is 2.07. The van der Waals surface area contributed by atoms with E-state index in [-0.39, 0.29) is 18.4 Å². The third-order valence-corrected chi connectivity index (χ3v) is 2.29. The molecular formula is C15H21FN2O2. The van der Waals surface area contributed by atoms with Crippen LogP contribution < -0.4 is 11.1 Å². The van der Waals surface area contributed by atoms with E-state index in [2.05, 4.69) is 5.32 Å². The van der Waals surface area contributed by atoms with Crippen molar-refractivity contribution in [1.82, 2.24) is 5.32 Å². The lowest BCUT2D eigenvalue weighted by atomic mass is 10.1. The van der Waals surface area contributed by atoms with Crippen molar-refractivity contribution < 1.29 is 13.9 Å². The van der Waals surface area contributed by atoms with Gasteiger partial charge in [-0.3, -0.25) is 0 Å². The number of nitrogens with two attached hydrogens (primary N) is 1. The molecule has 0 heterocycles. The van der Waals surface area contributed by atoms with E-state index in [1.54, 1.807) is 45.1 Å². The molecule has 1 rings (SSSR count). The van der Waals surface area contributed by atoms with Gasteiger partial charge in [-0.15, -0.1) is 0 Å². The second-order valence-corrected chi connectivity index (χ2v) is 5.46. The number of halogens is 1. The summed E-state index contributed by atoms with van der Waals surface area (Å²) in [5.41, 5.74) is 6.15. The molecule has 0 saturated carbocycles. The zero-order chi connectivity index (χ0) is 15.2. The highest BCUT2D eigenvalue weighted by Gasteiger charge is 2.15. The molecule has 0 saturated heterocycles. The van der Waals surface area contributed by atoms with Gasteiger partial charge in [0, 0.05) is 12.6 Å². The largest absolute Gasteiger partial charge is 0.444 e. The summed E-state index contributed by atoms with van der Waals surface area (Å²) in [5.74, 6) is -0.280. The van der Waals surface area contributed by atoms with Gasteiger partial charge in [-0.2, -0.15) is 0 Å². The molecule has 1 atom stereocenters. The summed E-state index contributed by atoms with van der Waals surface area (Å²) in [6, 6.07) is 5.72. The first kappa shape index (κ1) is 16.2. The molecule has 0 radical (unpaired) electrons. The molecule has 0 aromatic heterocycles. The van der Waals surface area contributed by atoms with Crippen LogP contribution in [0.2, 0.25) is 0 Å². The van der Waals surface area contributed by atoms with Gasteiger partial charge in [0.25, 0.3) is 0 Å². The molecule has 0 bridgehead atoms. The fourth-order valence-electron chi connectivity index (χ4n) is 1.39. The lowest BCUT2D eigenvalue weighted by Crippen LogP contribution is -2.39. The number of benzene rings is 1. The average molecular weight is 280 g/mol. The summed E-state index contributed by atoms with van der Waals surface area (Å²) < 4.78 is 17.8. The molecule has 5 heteroatoms. The summed E-state index contributed by atoms with van der Waals surface area (Å²) in [6.45, 7) is 5.65. The van der Waals surface area contributed by atoms with Crippen LogP contribution in [0.1, 0.15) is 26.3 Å². The van der Waals surface area contributed by atoms with Crippen LogP contribution in [0.5, 0.6) is 0 Å². The van der Waals surface area contributed by atoms with Crippen molar-refractivity contribution in [1.29, 1.82) is 0 Å². The zero-order valence-corrected chi connectivity index (χ0v) is 12.0. The first-order chi connectivity index (χ1) is 9.26. The highest BCUT2D eigenvalue weighted by molar-refractivity contribution is 5.67. The van der Waals surface area contributed by atoms with Crippen LogP contribution in [0.4, 0.5) is 9.18 Å². The van der Waals surface area contributed by atoms with Crippen LogP contribution in [-0.4, -0.2) is 24.3 Å². The van der Waals surface area contributed by atoms with E-state index in [4.69, 9.17) is 10.5 Å². The molecule has 0 aliphatic rings. The van der Waals surface area contributed by atoms with Crippen LogP contribution in [0.3, 0.4) is 0 Å². The summed E-state index contributed by atoms with van der Waals surface area (Å²) in [4.78, 5) is 11.4. The number of nitrogens with one attached hydrogen (secondary N) is 1. The normalized spacial score (nSPS) is 13.2. The number of carbonyl (C=O) groups is 1. The number of carbonyl (C=O) groups excluding carboxylic acids is 1. The lowest BCUT2D eigenvalue weighted by molar-refractivity contribution is 0.0526. The molecule has 20 heavy (non-hydrogen) atoms. The standard InChI is InChI=1S/C15H21FN2O2/c1-15(2,3)20-14(19)18-10-13(17)9-6-11-4-7-12(16)8-5-11/h4-9,13H,10,17H2,1-3H3,(H,18,19)/b9-6+. The first-order valence-corrected chi connectivity index (χ1v) is 6.42. The Hall–Kier alpha value is -1.88. The lowest BCUT2D eigenvalue weighted by Gasteiger charge is -2.20. The third-order valence-electron chi connectivity index (χ3n) is 2.29. The van der Waals surface area contributed by atoms with E-state index in [9.17, 15) is 9.18 Å².